The molecule has 1 aromatic heterocycles. The van der Waals surface area contributed by atoms with Crippen molar-refractivity contribution < 1.29 is 5.11 Å². The summed E-state index contributed by atoms with van der Waals surface area (Å²) in [7, 11) is 0. The number of aliphatic hydroxyl groups excluding tert-OH is 1. The van der Waals surface area contributed by atoms with Crippen LogP contribution in [-0.4, -0.2) is 28.2 Å². The number of aryl methyl sites for hydroxylation is 1. The van der Waals surface area contributed by atoms with Crippen LogP contribution in [0.25, 0.3) is 0 Å². The van der Waals surface area contributed by atoms with Crippen molar-refractivity contribution in [3.8, 4) is 0 Å². The first-order valence-electron chi connectivity index (χ1n) is 5.38. The van der Waals surface area contributed by atoms with Gasteiger partial charge in [-0.25, -0.2) is 4.98 Å². The molecular formula is C11H20N4O. The quantitative estimate of drug-likeness (QED) is 0.699. The SMILES string of the molecule is Cc1cnc(N)nc1NCC(C)(C)CCO. The molecule has 0 unspecified atom stereocenters. The Bertz CT molecular complexity index is 352. The van der Waals surface area contributed by atoms with Gasteiger partial charge in [0.2, 0.25) is 5.95 Å². The van der Waals surface area contributed by atoms with Crippen LogP contribution < -0.4 is 11.1 Å². The zero-order valence-corrected chi connectivity index (χ0v) is 10.1. The predicted octanol–water partition coefficient (Wildman–Crippen LogP) is 1.19. The van der Waals surface area contributed by atoms with Crippen molar-refractivity contribution in [1.82, 2.24) is 9.97 Å². The van der Waals surface area contributed by atoms with Crippen molar-refractivity contribution in [2.45, 2.75) is 27.2 Å². The van der Waals surface area contributed by atoms with Crippen molar-refractivity contribution in [2.24, 2.45) is 5.41 Å². The van der Waals surface area contributed by atoms with Crippen LogP contribution in [-0.2, 0) is 0 Å². The minimum absolute atomic E-state index is 0.0287. The van der Waals surface area contributed by atoms with Crippen LogP contribution in [0.1, 0.15) is 25.8 Å². The third-order valence-electron chi connectivity index (χ3n) is 2.51. The summed E-state index contributed by atoms with van der Waals surface area (Å²) < 4.78 is 0. The Kier molecular flexibility index (Phi) is 4.06. The molecule has 0 amide bonds. The summed E-state index contributed by atoms with van der Waals surface area (Å²) >= 11 is 0. The van der Waals surface area contributed by atoms with Crippen LogP contribution in [0, 0.1) is 12.3 Å². The van der Waals surface area contributed by atoms with E-state index in [1.165, 1.54) is 0 Å². The van der Waals surface area contributed by atoms with Crippen LogP contribution in [0.3, 0.4) is 0 Å². The normalized spacial score (nSPS) is 11.5. The number of nitrogens with two attached hydrogens (primary N) is 1. The van der Waals surface area contributed by atoms with E-state index in [4.69, 9.17) is 10.8 Å². The van der Waals surface area contributed by atoms with Crippen LogP contribution in [0.15, 0.2) is 6.20 Å². The molecule has 0 aliphatic heterocycles. The Hall–Kier alpha value is -1.36. The second kappa shape index (κ2) is 5.12. The zero-order chi connectivity index (χ0) is 12.2. The third kappa shape index (κ3) is 3.66. The van der Waals surface area contributed by atoms with Crippen molar-refractivity contribution in [3.05, 3.63) is 11.8 Å². The Balaban J connectivity index is 2.63. The molecule has 0 fully saturated rings. The monoisotopic (exact) mass is 224 g/mol. The zero-order valence-electron chi connectivity index (χ0n) is 10.1. The third-order valence-corrected chi connectivity index (χ3v) is 2.51. The van der Waals surface area contributed by atoms with E-state index >= 15 is 0 Å². The van der Waals surface area contributed by atoms with Gasteiger partial charge in [-0.3, -0.25) is 0 Å². The largest absolute Gasteiger partial charge is 0.396 e. The van der Waals surface area contributed by atoms with E-state index in [1.807, 2.05) is 6.92 Å². The average Bonchev–Trinajstić information content (AvgIpc) is 2.19. The Morgan fingerprint density at radius 2 is 2.19 bits per heavy atom. The molecule has 0 saturated heterocycles. The highest BCUT2D eigenvalue weighted by molar-refractivity contribution is 5.45. The molecule has 0 radical (unpaired) electrons. The van der Waals surface area contributed by atoms with E-state index in [2.05, 4.69) is 29.1 Å². The molecule has 90 valence electrons. The molecule has 0 atom stereocenters. The summed E-state index contributed by atoms with van der Waals surface area (Å²) in [6, 6.07) is 0. The maximum Gasteiger partial charge on any atom is 0.221 e. The first-order chi connectivity index (χ1) is 7.44. The molecule has 0 bridgehead atoms. The molecule has 0 spiro atoms. The number of aromatic nitrogens is 2. The summed E-state index contributed by atoms with van der Waals surface area (Å²) in [5.74, 6) is 1.03. The number of hydrogen-bond donors (Lipinski definition) is 3. The molecule has 0 aliphatic rings. The Morgan fingerprint density at radius 3 is 2.81 bits per heavy atom. The molecule has 4 N–H and O–H groups in total. The van der Waals surface area contributed by atoms with E-state index in [0.29, 0.717) is 0 Å². The van der Waals surface area contributed by atoms with Crippen LogP contribution in [0.5, 0.6) is 0 Å². The minimum Gasteiger partial charge on any atom is -0.396 e. The second-order valence-corrected chi connectivity index (χ2v) is 4.75. The Morgan fingerprint density at radius 1 is 1.50 bits per heavy atom. The van der Waals surface area contributed by atoms with E-state index < -0.39 is 0 Å². The lowest BCUT2D eigenvalue weighted by molar-refractivity contribution is 0.220. The number of nitrogens with zero attached hydrogens (tertiary/aromatic N) is 2. The van der Waals surface area contributed by atoms with Gasteiger partial charge in [-0.2, -0.15) is 4.98 Å². The van der Waals surface area contributed by atoms with Crippen LogP contribution in [0.4, 0.5) is 11.8 Å². The van der Waals surface area contributed by atoms with Gasteiger partial charge in [-0.1, -0.05) is 13.8 Å². The lowest BCUT2D eigenvalue weighted by Crippen LogP contribution is -2.25. The van der Waals surface area contributed by atoms with Gasteiger partial charge >= 0.3 is 0 Å². The first-order valence-corrected chi connectivity index (χ1v) is 5.38. The van der Waals surface area contributed by atoms with E-state index in [9.17, 15) is 0 Å². The fourth-order valence-corrected chi connectivity index (χ4v) is 1.35. The molecule has 5 nitrogen and oxygen atoms in total. The molecule has 16 heavy (non-hydrogen) atoms. The molecule has 0 saturated carbocycles. The lowest BCUT2D eigenvalue weighted by atomic mass is 9.90. The number of nitrogens with one attached hydrogen (secondary N) is 1. The molecule has 1 aromatic rings. The van der Waals surface area contributed by atoms with Gasteiger partial charge in [0.15, 0.2) is 0 Å². The highest BCUT2D eigenvalue weighted by Crippen LogP contribution is 2.21. The first kappa shape index (κ1) is 12.7. The highest BCUT2D eigenvalue weighted by atomic mass is 16.3. The molecule has 5 heteroatoms. The van der Waals surface area contributed by atoms with Crippen molar-refractivity contribution >= 4 is 11.8 Å². The van der Waals surface area contributed by atoms with Crippen LogP contribution >= 0.6 is 0 Å². The van der Waals surface area contributed by atoms with E-state index in [-0.39, 0.29) is 18.0 Å². The number of anilines is 2. The van der Waals surface area contributed by atoms with Gasteiger partial charge in [-0.15, -0.1) is 0 Å². The average molecular weight is 224 g/mol. The van der Waals surface area contributed by atoms with Gasteiger partial charge < -0.3 is 16.2 Å². The predicted molar refractivity (Wildman–Crippen MR) is 65.2 cm³/mol. The summed E-state index contributed by atoms with van der Waals surface area (Å²) in [6.07, 6.45) is 2.45. The van der Waals surface area contributed by atoms with Gasteiger partial charge in [0.25, 0.3) is 0 Å². The van der Waals surface area contributed by atoms with Gasteiger partial charge in [0.05, 0.1) is 0 Å². The lowest BCUT2D eigenvalue weighted by Gasteiger charge is -2.24. The standard InChI is InChI=1S/C11H20N4O/c1-8-6-13-10(12)15-9(8)14-7-11(2,3)4-5-16/h6,16H,4-5,7H2,1-3H3,(H3,12,13,14,15). The van der Waals surface area contributed by atoms with Gasteiger partial charge in [0.1, 0.15) is 5.82 Å². The molecule has 1 rings (SSSR count). The Labute approximate surface area is 96.1 Å². The molecule has 1 heterocycles. The smallest absolute Gasteiger partial charge is 0.221 e. The summed E-state index contributed by atoms with van der Waals surface area (Å²) in [4.78, 5) is 8.04. The summed E-state index contributed by atoms with van der Waals surface area (Å²) in [5, 5.41) is 12.2. The second-order valence-electron chi connectivity index (χ2n) is 4.75. The molecule has 0 aromatic carbocycles. The van der Waals surface area contributed by atoms with Crippen molar-refractivity contribution in [1.29, 1.82) is 0 Å². The minimum atomic E-state index is 0.0287. The van der Waals surface area contributed by atoms with Gasteiger partial charge in [0, 0.05) is 24.9 Å². The van der Waals surface area contributed by atoms with E-state index in [0.717, 1.165) is 24.3 Å². The number of rotatable bonds is 5. The van der Waals surface area contributed by atoms with E-state index in [1.54, 1.807) is 6.20 Å². The topological polar surface area (TPSA) is 84.1 Å². The van der Waals surface area contributed by atoms with Crippen LogP contribution in [0.2, 0.25) is 0 Å². The van der Waals surface area contributed by atoms with Crippen molar-refractivity contribution in [3.63, 3.8) is 0 Å². The summed E-state index contributed by atoms with van der Waals surface area (Å²) in [6.45, 7) is 7.05. The maximum atomic E-state index is 8.92. The number of nitrogen functional groups attached to an aromatic ring is 1. The summed E-state index contributed by atoms with van der Waals surface area (Å²) in [5.41, 5.74) is 6.52. The molecule has 0 aliphatic carbocycles. The number of hydrogen-bond acceptors (Lipinski definition) is 5. The fourth-order valence-electron chi connectivity index (χ4n) is 1.35. The maximum absolute atomic E-state index is 8.92. The highest BCUT2D eigenvalue weighted by Gasteiger charge is 2.17. The van der Waals surface area contributed by atoms with Gasteiger partial charge in [-0.05, 0) is 18.8 Å². The fraction of sp³-hybridized carbons (Fsp3) is 0.636. The molecular weight excluding hydrogens is 204 g/mol. The number of aliphatic hydroxyl groups is 1. The van der Waals surface area contributed by atoms with Crippen molar-refractivity contribution in [2.75, 3.05) is 24.2 Å².